The molecule has 1 atom stereocenters. The maximum Gasteiger partial charge on any atom is 0.498 e. The molecule has 0 aromatic heterocycles. The van der Waals surface area contributed by atoms with Gasteiger partial charge in [0.1, 0.15) is 0 Å². The molecule has 0 aromatic carbocycles. The molecule has 0 bridgehead atoms. The summed E-state index contributed by atoms with van der Waals surface area (Å²) in [6.07, 6.45) is -3.51. The molecule has 0 fully saturated rings. The van der Waals surface area contributed by atoms with Crippen LogP contribution in [0, 0.1) is 0 Å². The summed E-state index contributed by atoms with van der Waals surface area (Å²) < 4.78 is 25.9. The summed E-state index contributed by atoms with van der Waals surface area (Å²) in [6, 6.07) is 0. The Kier molecular flexibility index (Phi) is 2.76. The first-order valence-corrected chi connectivity index (χ1v) is 1.79. The Hall–Kier alpha value is -0.930. The second-order valence-corrected chi connectivity index (χ2v) is 0.942. The first kappa shape index (κ1) is 7.07. The SMILES string of the molecule is C=CC(F)OC(=O)F. The van der Waals surface area contributed by atoms with E-state index in [-0.39, 0.29) is 0 Å². The van der Waals surface area contributed by atoms with Crippen LogP contribution in [0.5, 0.6) is 0 Å². The molecule has 0 heterocycles. The Labute approximate surface area is 44.8 Å². The van der Waals surface area contributed by atoms with Crippen molar-refractivity contribution in [3.8, 4) is 0 Å². The lowest BCUT2D eigenvalue weighted by Crippen LogP contribution is -2.03. The summed E-state index contributed by atoms with van der Waals surface area (Å²) in [5.41, 5.74) is 0. The molecule has 46 valence electrons. The number of rotatable bonds is 2. The molecule has 0 saturated heterocycles. The third kappa shape index (κ3) is 3.27. The lowest BCUT2D eigenvalue weighted by Gasteiger charge is -1.96. The van der Waals surface area contributed by atoms with Crippen LogP contribution in [0.1, 0.15) is 0 Å². The molecular formula is C4H4F2O2. The highest BCUT2D eigenvalue weighted by Crippen LogP contribution is 1.95. The largest absolute Gasteiger partial charge is 0.498 e. The molecule has 0 aliphatic rings. The number of halogens is 2. The van der Waals surface area contributed by atoms with E-state index in [4.69, 9.17) is 0 Å². The van der Waals surface area contributed by atoms with Crippen molar-refractivity contribution in [2.45, 2.75) is 6.36 Å². The summed E-state index contributed by atoms with van der Waals surface area (Å²) in [6.45, 7) is 2.89. The standard InChI is InChI=1S/C4H4F2O2/c1-2-3(5)8-4(6)7/h2-3H,1H2. The zero-order valence-corrected chi connectivity index (χ0v) is 3.93. The first-order chi connectivity index (χ1) is 3.66. The van der Waals surface area contributed by atoms with Gasteiger partial charge in [0.25, 0.3) is 6.36 Å². The Bertz CT molecular complexity index is 102. The number of alkyl halides is 1. The highest BCUT2D eigenvalue weighted by Gasteiger charge is 2.04. The smallest absolute Gasteiger partial charge is 0.402 e. The Morgan fingerprint density at radius 3 is 2.50 bits per heavy atom. The zero-order valence-electron chi connectivity index (χ0n) is 3.93. The number of hydrogen-bond donors (Lipinski definition) is 0. The molecule has 4 heteroatoms. The molecular weight excluding hydrogens is 118 g/mol. The third-order valence-corrected chi connectivity index (χ3v) is 0.391. The lowest BCUT2D eigenvalue weighted by molar-refractivity contribution is 0.0318. The molecule has 0 aliphatic heterocycles. The second kappa shape index (κ2) is 3.12. The summed E-state index contributed by atoms with van der Waals surface area (Å²) >= 11 is 0. The number of ether oxygens (including phenoxy) is 1. The van der Waals surface area contributed by atoms with E-state index in [1.54, 1.807) is 0 Å². The monoisotopic (exact) mass is 122 g/mol. The summed E-state index contributed by atoms with van der Waals surface area (Å²) in [7, 11) is 0. The van der Waals surface area contributed by atoms with Crippen LogP contribution in [-0.4, -0.2) is 12.6 Å². The highest BCUT2D eigenvalue weighted by atomic mass is 19.2. The first-order valence-electron chi connectivity index (χ1n) is 1.79. The van der Waals surface area contributed by atoms with Crippen LogP contribution in [0.2, 0.25) is 0 Å². The van der Waals surface area contributed by atoms with Crippen molar-refractivity contribution in [1.82, 2.24) is 0 Å². The van der Waals surface area contributed by atoms with Crippen LogP contribution in [-0.2, 0) is 4.74 Å². The van der Waals surface area contributed by atoms with E-state index < -0.39 is 12.6 Å². The average Bonchev–Trinajstić information content (AvgIpc) is 1.65. The van der Waals surface area contributed by atoms with E-state index in [1.165, 1.54) is 0 Å². The molecule has 2 nitrogen and oxygen atoms in total. The van der Waals surface area contributed by atoms with Crippen LogP contribution in [0.3, 0.4) is 0 Å². The molecule has 0 N–H and O–H groups in total. The number of hydrogen-bond acceptors (Lipinski definition) is 2. The molecule has 1 unspecified atom stereocenters. The van der Waals surface area contributed by atoms with Gasteiger partial charge < -0.3 is 4.74 Å². The predicted octanol–water partition coefficient (Wildman–Crippen LogP) is 1.57. The zero-order chi connectivity index (χ0) is 6.57. The fourth-order valence-corrected chi connectivity index (χ4v) is 0.137. The van der Waals surface area contributed by atoms with E-state index in [2.05, 4.69) is 11.3 Å². The maximum atomic E-state index is 11.6. The minimum Gasteiger partial charge on any atom is -0.402 e. The molecule has 0 aromatic rings. The minimum absolute atomic E-state index is 0.664. The minimum atomic E-state index is -2.14. The Morgan fingerprint density at radius 2 is 2.38 bits per heavy atom. The summed E-state index contributed by atoms with van der Waals surface area (Å²) in [5.74, 6) is 0. The van der Waals surface area contributed by atoms with Crippen molar-refractivity contribution >= 4 is 6.22 Å². The molecule has 0 rings (SSSR count). The van der Waals surface area contributed by atoms with Crippen molar-refractivity contribution < 1.29 is 18.3 Å². The quantitative estimate of drug-likeness (QED) is 0.410. The van der Waals surface area contributed by atoms with Crippen LogP contribution in [0.15, 0.2) is 12.7 Å². The van der Waals surface area contributed by atoms with Crippen molar-refractivity contribution in [2.24, 2.45) is 0 Å². The van der Waals surface area contributed by atoms with Gasteiger partial charge in [-0.15, -0.1) is 4.39 Å². The van der Waals surface area contributed by atoms with Gasteiger partial charge in [0.15, 0.2) is 0 Å². The third-order valence-electron chi connectivity index (χ3n) is 0.391. The van der Waals surface area contributed by atoms with Crippen molar-refractivity contribution in [3.63, 3.8) is 0 Å². The van der Waals surface area contributed by atoms with E-state index in [0.717, 1.165) is 0 Å². The predicted molar refractivity (Wildman–Crippen MR) is 22.7 cm³/mol. The van der Waals surface area contributed by atoms with Gasteiger partial charge in [0.05, 0.1) is 0 Å². The van der Waals surface area contributed by atoms with E-state index >= 15 is 0 Å². The summed E-state index contributed by atoms with van der Waals surface area (Å²) in [4.78, 5) is 9.24. The van der Waals surface area contributed by atoms with Gasteiger partial charge >= 0.3 is 6.22 Å². The fourth-order valence-electron chi connectivity index (χ4n) is 0.137. The molecule has 0 spiro atoms. The number of carbonyl (C=O) groups is 1. The molecule has 8 heavy (non-hydrogen) atoms. The van der Waals surface area contributed by atoms with Crippen LogP contribution >= 0.6 is 0 Å². The highest BCUT2D eigenvalue weighted by molar-refractivity contribution is 5.58. The number of carbonyl (C=O) groups excluding carboxylic acids is 1. The molecule has 0 amide bonds. The van der Waals surface area contributed by atoms with Gasteiger partial charge in [-0.3, -0.25) is 0 Å². The van der Waals surface area contributed by atoms with Gasteiger partial charge in [0.2, 0.25) is 0 Å². The van der Waals surface area contributed by atoms with Crippen molar-refractivity contribution in [3.05, 3.63) is 12.7 Å². The lowest BCUT2D eigenvalue weighted by atomic mass is 10.7. The normalized spacial score (nSPS) is 12.2. The van der Waals surface area contributed by atoms with Gasteiger partial charge in [-0.1, -0.05) is 6.58 Å². The molecule has 0 radical (unpaired) electrons. The molecule has 0 saturated carbocycles. The average molecular weight is 122 g/mol. The molecule has 0 aliphatic carbocycles. The van der Waals surface area contributed by atoms with Crippen molar-refractivity contribution in [1.29, 1.82) is 0 Å². The maximum absolute atomic E-state index is 11.6. The second-order valence-electron chi connectivity index (χ2n) is 0.942. The van der Waals surface area contributed by atoms with Gasteiger partial charge in [-0.05, 0) is 6.08 Å². The van der Waals surface area contributed by atoms with Gasteiger partial charge in [-0.2, -0.15) is 4.39 Å². The van der Waals surface area contributed by atoms with E-state index in [0.29, 0.717) is 6.08 Å². The Balaban J connectivity index is 3.38. The van der Waals surface area contributed by atoms with Crippen LogP contribution < -0.4 is 0 Å². The van der Waals surface area contributed by atoms with Crippen molar-refractivity contribution in [2.75, 3.05) is 0 Å². The van der Waals surface area contributed by atoms with E-state index in [9.17, 15) is 13.6 Å². The topological polar surface area (TPSA) is 26.3 Å². The summed E-state index contributed by atoms with van der Waals surface area (Å²) in [5, 5.41) is 0. The van der Waals surface area contributed by atoms with Crippen LogP contribution in [0.4, 0.5) is 13.6 Å². The fraction of sp³-hybridized carbons (Fsp3) is 0.250. The van der Waals surface area contributed by atoms with Gasteiger partial charge in [0, 0.05) is 0 Å². The Morgan fingerprint density at radius 1 is 1.88 bits per heavy atom. The van der Waals surface area contributed by atoms with Crippen LogP contribution in [0.25, 0.3) is 0 Å². The van der Waals surface area contributed by atoms with E-state index in [1.807, 2.05) is 0 Å². The van der Waals surface area contributed by atoms with Gasteiger partial charge in [-0.25, -0.2) is 4.79 Å².